The number of nitrogens with zero attached hydrogens (tertiary/aromatic N) is 2. The van der Waals surface area contributed by atoms with E-state index in [0.29, 0.717) is 41.2 Å². The van der Waals surface area contributed by atoms with Crippen LogP contribution in [0.4, 0.5) is 10.1 Å². The third-order valence-electron chi connectivity index (χ3n) is 5.54. The minimum absolute atomic E-state index is 0.0743. The average Bonchev–Trinajstić information content (AvgIpc) is 3.07. The normalized spacial score (nSPS) is 19.3. The van der Waals surface area contributed by atoms with Gasteiger partial charge in [0.15, 0.2) is 0 Å². The van der Waals surface area contributed by atoms with Crippen LogP contribution in [0.5, 0.6) is 5.88 Å². The summed E-state index contributed by atoms with van der Waals surface area (Å²) in [6, 6.07) is 4.90. The van der Waals surface area contributed by atoms with Crippen molar-refractivity contribution in [2.45, 2.75) is 38.3 Å². The first-order chi connectivity index (χ1) is 15.0. The first-order valence-electron chi connectivity index (χ1n) is 10.3. The van der Waals surface area contributed by atoms with Gasteiger partial charge in [-0.3, -0.25) is 9.69 Å². The maximum atomic E-state index is 14.5. The topological polar surface area (TPSA) is 101 Å². The molecule has 1 aliphatic rings. The third kappa shape index (κ3) is 5.43. The number of likely N-dealkylation sites (tertiary alicyclic amines) is 1. The van der Waals surface area contributed by atoms with Gasteiger partial charge in [0.1, 0.15) is 11.9 Å². The summed E-state index contributed by atoms with van der Waals surface area (Å²) in [6.45, 7) is 4.40. The Balaban J connectivity index is 2.05. The summed E-state index contributed by atoms with van der Waals surface area (Å²) in [6.07, 6.45) is 3.14. The highest BCUT2D eigenvalue weighted by Gasteiger charge is 2.39. The van der Waals surface area contributed by atoms with Crippen LogP contribution in [-0.2, 0) is 14.8 Å². The Hall–Kier alpha value is -2.56. The van der Waals surface area contributed by atoms with Crippen molar-refractivity contribution in [2.24, 2.45) is 0 Å². The first-order valence-corrected chi connectivity index (χ1v) is 12.2. The maximum Gasteiger partial charge on any atom is 0.243 e. The highest BCUT2D eigenvalue weighted by molar-refractivity contribution is 7.88. The monoisotopic (exact) mass is 464 g/mol. The molecule has 1 aromatic carbocycles. The van der Waals surface area contributed by atoms with Crippen LogP contribution in [0.25, 0.3) is 11.1 Å². The van der Waals surface area contributed by atoms with E-state index in [2.05, 4.69) is 15.0 Å². The molecule has 0 aliphatic carbocycles. The van der Waals surface area contributed by atoms with Crippen molar-refractivity contribution in [3.8, 4) is 17.0 Å². The Kier molecular flexibility index (Phi) is 7.16. The largest absolute Gasteiger partial charge is 0.481 e. The van der Waals surface area contributed by atoms with E-state index in [9.17, 15) is 17.6 Å². The lowest BCUT2D eigenvalue weighted by Gasteiger charge is -2.26. The number of anilines is 1. The Morgan fingerprint density at radius 1 is 1.31 bits per heavy atom. The number of hydrogen-bond donors (Lipinski definition) is 2. The van der Waals surface area contributed by atoms with Crippen LogP contribution >= 0.6 is 0 Å². The maximum absolute atomic E-state index is 14.5. The summed E-state index contributed by atoms with van der Waals surface area (Å²) in [5.74, 6) is -0.494. The molecule has 1 amide bonds. The second-order valence-corrected chi connectivity index (χ2v) is 10.1. The van der Waals surface area contributed by atoms with Crippen molar-refractivity contribution >= 4 is 21.6 Å². The number of benzene rings is 1. The molecule has 1 aliphatic heterocycles. The number of nitrogens with one attached hydrogen (secondary N) is 2. The van der Waals surface area contributed by atoms with E-state index in [1.54, 1.807) is 25.4 Å². The zero-order chi connectivity index (χ0) is 23.6. The summed E-state index contributed by atoms with van der Waals surface area (Å²) in [4.78, 5) is 19.3. The summed E-state index contributed by atoms with van der Waals surface area (Å²) in [5.41, 5.74) is 2.26. The van der Waals surface area contributed by atoms with Gasteiger partial charge >= 0.3 is 0 Å². The Labute approximate surface area is 188 Å². The number of aromatic nitrogens is 1. The molecule has 1 aromatic heterocycles. The van der Waals surface area contributed by atoms with E-state index in [0.717, 1.165) is 6.26 Å². The SMILES string of the molecule is COc1cc(-c2cc(F)cc(C(C)C)c2NC(=O)C2C(NS(C)(=O)=O)CCN2C)ccn1. The molecule has 10 heteroatoms. The van der Waals surface area contributed by atoms with E-state index in [4.69, 9.17) is 4.74 Å². The molecule has 0 spiro atoms. The second kappa shape index (κ2) is 9.51. The zero-order valence-electron chi connectivity index (χ0n) is 18.8. The molecule has 8 nitrogen and oxygen atoms in total. The highest BCUT2D eigenvalue weighted by atomic mass is 32.2. The molecule has 2 atom stereocenters. The van der Waals surface area contributed by atoms with Gasteiger partial charge in [-0.15, -0.1) is 0 Å². The van der Waals surface area contributed by atoms with E-state index >= 15 is 0 Å². The summed E-state index contributed by atoms with van der Waals surface area (Å²) < 4.78 is 45.9. The van der Waals surface area contributed by atoms with Crippen LogP contribution in [-0.4, -0.2) is 63.3 Å². The molecule has 1 fully saturated rings. The Bertz CT molecular complexity index is 1110. The molecule has 32 heavy (non-hydrogen) atoms. The number of carbonyl (C=O) groups is 1. The number of carbonyl (C=O) groups excluding carboxylic acids is 1. The van der Waals surface area contributed by atoms with Crippen LogP contribution in [0, 0.1) is 5.82 Å². The number of hydrogen-bond acceptors (Lipinski definition) is 6. The second-order valence-electron chi connectivity index (χ2n) is 8.36. The smallest absolute Gasteiger partial charge is 0.243 e. The summed E-state index contributed by atoms with van der Waals surface area (Å²) in [5, 5.41) is 2.97. The molecular weight excluding hydrogens is 435 g/mol. The molecule has 2 unspecified atom stereocenters. The molecule has 174 valence electrons. The molecule has 1 saturated heterocycles. The number of pyridine rings is 1. The van der Waals surface area contributed by atoms with Gasteiger partial charge < -0.3 is 10.1 Å². The molecule has 3 rings (SSSR count). The van der Waals surface area contributed by atoms with E-state index in [1.165, 1.54) is 19.2 Å². The molecule has 2 N–H and O–H groups in total. The lowest BCUT2D eigenvalue weighted by Crippen LogP contribution is -2.50. The predicted octanol–water partition coefficient (Wildman–Crippen LogP) is 2.58. The van der Waals surface area contributed by atoms with Gasteiger partial charge in [-0.1, -0.05) is 13.8 Å². The number of sulfonamides is 1. The van der Waals surface area contributed by atoms with Gasteiger partial charge in [0.25, 0.3) is 0 Å². The van der Waals surface area contributed by atoms with Crippen molar-refractivity contribution in [2.75, 3.05) is 32.3 Å². The van der Waals surface area contributed by atoms with Crippen LogP contribution in [0.1, 0.15) is 31.7 Å². The van der Waals surface area contributed by atoms with E-state index in [1.807, 2.05) is 18.7 Å². The number of methoxy groups -OCH3 is 1. The average molecular weight is 465 g/mol. The Morgan fingerprint density at radius 2 is 2.03 bits per heavy atom. The van der Waals surface area contributed by atoms with E-state index < -0.39 is 27.9 Å². The van der Waals surface area contributed by atoms with E-state index in [-0.39, 0.29) is 11.8 Å². The van der Waals surface area contributed by atoms with Crippen molar-refractivity contribution in [3.05, 3.63) is 41.8 Å². The van der Waals surface area contributed by atoms with Crippen molar-refractivity contribution in [1.29, 1.82) is 0 Å². The predicted molar refractivity (Wildman–Crippen MR) is 122 cm³/mol. The number of rotatable bonds is 7. The van der Waals surface area contributed by atoms with Gasteiger partial charge in [0.05, 0.1) is 19.1 Å². The third-order valence-corrected chi connectivity index (χ3v) is 6.27. The minimum atomic E-state index is -3.48. The molecule has 0 saturated carbocycles. The number of ether oxygens (including phenoxy) is 1. The zero-order valence-corrected chi connectivity index (χ0v) is 19.7. The fourth-order valence-electron chi connectivity index (χ4n) is 4.06. The lowest BCUT2D eigenvalue weighted by atomic mass is 9.93. The fraction of sp³-hybridized carbons (Fsp3) is 0.455. The van der Waals surface area contributed by atoms with Gasteiger partial charge in [-0.05, 0) is 48.7 Å². The molecule has 2 aromatic rings. The van der Waals surface area contributed by atoms with Crippen LogP contribution in [0.15, 0.2) is 30.5 Å². The lowest BCUT2D eigenvalue weighted by molar-refractivity contribution is -0.120. The molecule has 0 radical (unpaired) electrons. The number of halogens is 1. The molecule has 2 heterocycles. The Morgan fingerprint density at radius 3 is 2.66 bits per heavy atom. The number of likely N-dealkylation sites (N-methyl/N-ethyl adjacent to an activating group) is 1. The van der Waals surface area contributed by atoms with Crippen LogP contribution in [0.2, 0.25) is 0 Å². The van der Waals surface area contributed by atoms with Crippen LogP contribution in [0.3, 0.4) is 0 Å². The van der Waals surface area contributed by atoms with Crippen LogP contribution < -0.4 is 14.8 Å². The van der Waals surface area contributed by atoms with Crippen molar-refractivity contribution < 1.29 is 22.3 Å². The van der Waals surface area contributed by atoms with Gasteiger partial charge in [-0.25, -0.2) is 22.5 Å². The van der Waals surface area contributed by atoms with Gasteiger partial charge in [-0.2, -0.15) is 0 Å². The van der Waals surface area contributed by atoms with Gasteiger partial charge in [0.2, 0.25) is 21.8 Å². The fourth-order valence-corrected chi connectivity index (χ4v) is 4.86. The van der Waals surface area contributed by atoms with Crippen molar-refractivity contribution in [3.63, 3.8) is 0 Å². The summed E-state index contributed by atoms with van der Waals surface area (Å²) >= 11 is 0. The molecular formula is C22H29FN4O4S. The van der Waals surface area contributed by atoms with Gasteiger partial charge in [0, 0.05) is 30.4 Å². The highest BCUT2D eigenvalue weighted by Crippen LogP contribution is 2.37. The standard InChI is InChI=1S/C22H29FN4O4S/c1-13(2)16-11-15(23)12-17(14-6-8-24-19(10-14)31-4)20(16)25-22(28)21-18(7-9-27(21)3)26-32(5,29)30/h6,8,10-13,18,21,26H,7,9H2,1-5H3,(H,25,28). The first kappa shape index (κ1) is 24.1. The quantitative estimate of drug-likeness (QED) is 0.653. The molecule has 0 bridgehead atoms. The number of amides is 1. The summed E-state index contributed by atoms with van der Waals surface area (Å²) in [7, 11) is -0.218. The minimum Gasteiger partial charge on any atom is -0.481 e. The van der Waals surface area contributed by atoms with Crippen molar-refractivity contribution in [1.82, 2.24) is 14.6 Å².